The van der Waals surface area contributed by atoms with Crippen molar-refractivity contribution in [2.75, 3.05) is 14.2 Å². The van der Waals surface area contributed by atoms with Crippen LogP contribution in [0.25, 0.3) is 0 Å². The molecule has 0 aromatic heterocycles. The first-order valence-electron chi connectivity index (χ1n) is 11.7. The number of carbonyl (C=O) groups is 4. The van der Waals surface area contributed by atoms with E-state index in [9.17, 15) is 19.2 Å². The lowest BCUT2D eigenvalue weighted by Crippen LogP contribution is -2.45. The number of benzene rings is 2. The predicted molar refractivity (Wildman–Crippen MR) is 135 cm³/mol. The molecular weight excluding hydrogens is 480 g/mol. The van der Waals surface area contributed by atoms with Crippen LogP contribution in [0.2, 0.25) is 0 Å². The molecule has 37 heavy (non-hydrogen) atoms. The fourth-order valence-corrected chi connectivity index (χ4v) is 3.38. The number of nitrogens with one attached hydrogen (secondary N) is 2. The van der Waals surface area contributed by atoms with Gasteiger partial charge in [0.25, 0.3) is 0 Å². The van der Waals surface area contributed by atoms with Crippen molar-refractivity contribution in [3.63, 3.8) is 0 Å². The van der Waals surface area contributed by atoms with Crippen molar-refractivity contribution >= 4 is 24.1 Å². The Morgan fingerprint density at radius 1 is 0.730 bits per heavy atom. The molecule has 0 heterocycles. The Balaban J connectivity index is 2.07. The highest BCUT2D eigenvalue weighted by Gasteiger charge is 2.26. The van der Waals surface area contributed by atoms with Crippen molar-refractivity contribution < 1.29 is 38.1 Å². The first-order valence-corrected chi connectivity index (χ1v) is 11.7. The monoisotopic (exact) mass is 514 g/mol. The summed E-state index contributed by atoms with van der Waals surface area (Å²) in [7, 11) is 2.46. The van der Waals surface area contributed by atoms with Gasteiger partial charge in [0.15, 0.2) is 0 Å². The van der Waals surface area contributed by atoms with E-state index in [0.29, 0.717) is 11.1 Å². The van der Waals surface area contributed by atoms with Crippen molar-refractivity contribution in [2.24, 2.45) is 0 Å². The molecule has 2 N–H and O–H groups in total. The van der Waals surface area contributed by atoms with Gasteiger partial charge < -0.3 is 29.6 Å². The molecule has 0 fully saturated rings. The molecule has 2 aromatic carbocycles. The van der Waals surface area contributed by atoms with Gasteiger partial charge in [0, 0.05) is 12.8 Å². The number of alkyl carbamates (subject to hydrolysis) is 2. The molecule has 0 aliphatic heterocycles. The van der Waals surface area contributed by atoms with Crippen molar-refractivity contribution in [1.29, 1.82) is 0 Å². The second kappa shape index (κ2) is 13.9. The lowest BCUT2D eigenvalue weighted by Gasteiger charge is -2.23. The van der Waals surface area contributed by atoms with Crippen LogP contribution in [-0.4, -0.2) is 56.0 Å². The van der Waals surface area contributed by atoms with Gasteiger partial charge in [0.1, 0.15) is 24.3 Å². The summed E-state index contributed by atoms with van der Waals surface area (Å²) in [6.07, 6.45) is -1.27. The molecule has 0 saturated carbocycles. The molecular formula is C27H34N2O8. The second-order valence-electron chi connectivity index (χ2n) is 9.23. The van der Waals surface area contributed by atoms with Crippen LogP contribution in [-0.2, 0) is 48.0 Å². The number of esters is 2. The minimum Gasteiger partial charge on any atom is -0.467 e. The van der Waals surface area contributed by atoms with Gasteiger partial charge in [-0.05, 0) is 37.5 Å². The second-order valence-corrected chi connectivity index (χ2v) is 9.23. The molecule has 10 heteroatoms. The summed E-state index contributed by atoms with van der Waals surface area (Å²) < 4.78 is 20.1. The number of hydrogen-bond acceptors (Lipinski definition) is 8. The maximum Gasteiger partial charge on any atom is 0.408 e. The summed E-state index contributed by atoms with van der Waals surface area (Å²) in [5, 5.41) is 5.07. The Kier molecular flexibility index (Phi) is 10.9. The van der Waals surface area contributed by atoms with E-state index in [-0.39, 0.29) is 19.4 Å². The topological polar surface area (TPSA) is 129 Å². The summed E-state index contributed by atoms with van der Waals surface area (Å²) >= 11 is 0. The molecule has 0 spiro atoms. The van der Waals surface area contributed by atoms with Gasteiger partial charge >= 0.3 is 24.1 Å². The molecule has 2 atom stereocenters. The zero-order valence-electron chi connectivity index (χ0n) is 21.7. The van der Waals surface area contributed by atoms with Crippen LogP contribution in [0.3, 0.4) is 0 Å². The smallest absolute Gasteiger partial charge is 0.408 e. The van der Waals surface area contributed by atoms with Gasteiger partial charge in [0.2, 0.25) is 0 Å². The Hall–Kier alpha value is -4.08. The highest BCUT2D eigenvalue weighted by atomic mass is 16.6. The summed E-state index contributed by atoms with van der Waals surface area (Å²) in [6, 6.07) is 14.2. The van der Waals surface area contributed by atoms with Crippen LogP contribution in [0.4, 0.5) is 9.59 Å². The Morgan fingerprint density at radius 3 is 1.70 bits per heavy atom. The lowest BCUT2D eigenvalue weighted by molar-refractivity contribution is -0.143. The number of hydrogen-bond donors (Lipinski definition) is 2. The largest absolute Gasteiger partial charge is 0.467 e. The number of methoxy groups -OCH3 is 2. The van der Waals surface area contributed by atoms with E-state index in [2.05, 4.69) is 10.6 Å². The molecule has 0 radical (unpaired) electrons. The maximum absolute atomic E-state index is 12.3. The molecule has 0 bridgehead atoms. The molecule has 2 rings (SSSR count). The van der Waals surface area contributed by atoms with Gasteiger partial charge in [0.05, 0.1) is 14.2 Å². The molecule has 0 aliphatic carbocycles. The number of ether oxygens (including phenoxy) is 4. The van der Waals surface area contributed by atoms with E-state index in [0.717, 1.165) is 5.56 Å². The summed E-state index contributed by atoms with van der Waals surface area (Å²) in [4.78, 5) is 49.1. The summed E-state index contributed by atoms with van der Waals surface area (Å²) in [6.45, 7) is 5.20. The number of amides is 2. The molecule has 10 nitrogen and oxygen atoms in total. The van der Waals surface area contributed by atoms with Crippen LogP contribution >= 0.6 is 0 Å². The minimum absolute atomic E-state index is 0.0512. The average Bonchev–Trinajstić information content (AvgIpc) is 2.85. The third-order valence-electron chi connectivity index (χ3n) is 5.04. The van der Waals surface area contributed by atoms with E-state index < -0.39 is 41.8 Å². The first-order chi connectivity index (χ1) is 17.5. The molecule has 2 aromatic rings. The maximum atomic E-state index is 12.3. The van der Waals surface area contributed by atoms with Crippen LogP contribution < -0.4 is 10.6 Å². The van der Waals surface area contributed by atoms with Crippen molar-refractivity contribution in [1.82, 2.24) is 10.6 Å². The van der Waals surface area contributed by atoms with E-state index in [1.54, 1.807) is 45.0 Å². The van der Waals surface area contributed by atoms with Gasteiger partial charge in [-0.15, -0.1) is 0 Å². The standard InChI is InChI=1S/C27H34N2O8/c1-27(2,3)37-26(33)29-22(24(31)35-5)16-20-13-9-12-19(14-20)15-21(23(30)34-4)28-25(32)36-17-18-10-7-6-8-11-18/h6-14,21-22H,15-17H2,1-5H3,(H,28,32)(H,29,33)/t21-,22-/m0/s1. The predicted octanol–water partition coefficient (Wildman–Crippen LogP) is 3.31. The summed E-state index contributed by atoms with van der Waals surface area (Å²) in [5.41, 5.74) is 1.46. The fourth-order valence-electron chi connectivity index (χ4n) is 3.38. The van der Waals surface area contributed by atoms with Crippen molar-refractivity contribution in [2.45, 2.75) is 57.9 Å². The molecule has 2 amide bonds. The van der Waals surface area contributed by atoms with Gasteiger partial charge in [-0.25, -0.2) is 19.2 Å². The Labute approximate surface area is 216 Å². The molecule has 200 valence electrons. The Bertz CT molecular complexity index is 1070. The van der Waals surface area contributed by atoms with Crippen molar-refractivity contribution in [3.8, 4) is 0 Å². The van der Waals surface area contributed by atoms with Crippen LogP contribution in [0.5, 0.6) is 0 Å². The van der Waals surface area contributed by atoms with Crippen LogP contribution in [0.15, 0.2) is 54.6 Å². The quantitative estimate of drug-likeness (QED) is 0.365. The third kappa shape index (κ3) is 10.6. The highest BCUT2D eigenvalue weighted by molar-refractivity contribution is 5.82. The number of rotatable bonds is 10. The van der Waals surface area contributed by atoms with E-state index in [4.69, 9.17) is 18.9 Å². The molecule has 0 unspecified atom stereocenters. The normalized spacial score (nSPS) is 12.5. The summed E-state index contributed by atoms with van der Waals surface area (Å²) in [5.74, 6) is -1.27. The highest BCUT2D eigenvalue weighted by Crippen LogP contribution is 2.13. The fraction of sp³-hybridized carbons (Fsp3) is 0.407. The van der Waals surface area contributed by atoms with E-state index in [1.165, 1.54) is 14.2 Å². The van der Waals surface area contributed by atoms with E-state index >= 15 is 0 Å². The van der Waals surface area contributed by atoms with Crippen molar-refractivity contribution in [3.05, 3.63) is 71.3 Å². The van der Waals surface area contributed by atoms with Crippen LogP contribution in [0.1, 0.15) is 37.5 Å². The number of carbonyl (C=O) groups excluding carboxylic acids is 4. The zero-order valence-corrected chi connectivity index (χ0v) is 21.7. The van der Waals surface area contributed by atoms with Gasteiger partial charge in [-0.2, -0.15) is 0 Å². The minimum atomic E-state index is -1.00. The molecule has 0 saturated heterocycles. The van der Waals surface area contributed by atoms with E-state index in [1.807, 2.05) is 30.3 Å². The van der Waals surface area contributed by atoms with Gasteiger partial charge in [-0.1, -0.05) is 54.6 Å². The Morgan fingerprint density at radius 2 is 1.22 bits per heavy atom. The third-order valence-corrected chi connectivity index (χ3v) is 5.04. The SMILES string of the molecule is COC(=O)[C@H](Cc1cccc(C[C@H](NC(=O)OC(C)(C)C)C(=O)OC)c1)NC(=O)OCc1ccccc1. The average molecular weight is 515 g/mol. The van der Waals surface area contributed by atoms with Crippen LogP contribution in [0, 0.1) is 0 Å². The molecule has 0 aliphatic rings. The lowest BCUT2D eigenvalue weighted by atomic mass is 9.99. The van der Waals surface area contributed by atoms with Gasteiger partial charge in [-0.3, -0.25) is 0 Å². The zero-order chi connectivity index (χ0) is 27.4. The first kappa shape index (κ1) is 29.2.